The molecule has 0 saturated carbocycles. The molecule has 0 aliphatic carbocycles. The minimum Gasteiger partial charge on any atom is -0.305 e. The maximum atomic E-state index is 4.54. The fourth-order valence-corrected chi connectivity index (χ4v) is 3.45. The van der Waals surface area contributed by atoms with Crippen LogP contribution < -0.4 is 5.32 Å². The van der Waals surface area contributed by atoms with Crippen molar-refractivity contribution in [3.8, 4) is 5.82 Å². The molecule has 1 atom stereocenters. The molecule has 0 fully saturated rings. The number of nitrogens with one attached hydrogen (secondary N) is 1. The molecule has 5 heteroatoms. The van der Waals surface area contributed by atoms with E-state index in [1.807, 2.05) is 41.3 Å². The third kappa shape index (κ3) is 3.68. The van der Waals surface area contributed by atoms with Crippen molar-refractivity contribution in [1.29, 1.82) is 0 Å². The SMILES string of the molecule is CCc1ccc([C@@H](C)NCc2ccc(-n3ccnc3C)nc2)s1. The smallest absolute Gasteiger partial charge is 0.137 e. The predicted octanol–water partition coefficient (Wildman–Crippen LogP) is 4.05. The van der Waals surface area contributed by atoms with E-state index in [9.17, 15) is 0 Å². The predicted molar refractivity (Wildman–Crippen MR) is 95.0 cm³/mol. The van der Waals surface area contributed by atoms with Crippen molar-refractivity contribution >= 4 is 11.3 Å². The van der Waals surface area contributed by atoms with E-state index in [4.69, 9.17) is 0 Å². The van der Waals surface area contributed by atoms with Gasteiger partial charge in [0, 0.05) is 40.9 Å². The average molecular weight is 326 g/mol. The second-order valence-corrected chi connectivity index (χ2v) is 6.83. The number of rotatable bonds is 6. The van der Waals surface area contributed by atoms with Gasteiger partial charge in [-0.05, 0) is 44.0 Å². The van der Waals surface area contributed by atoms with E-state index in [1.54, 1.807) is 6.20 Å². The fourth-order valence-electron chi connectivity index (χ4n) is 2.47. The van der Waals surface area contributed by atoms with Crippen molar-refractivity contribution in [2.24, 2.45) is 0 Å². The zero-order valence-electron chi connectivity index (χ0n) is 13.8. The van der Waals surface area contributed by atoms with Crippen LogP contribution in [0.1, 0.15) is 41.0 Å². The quantitative estimate of drug-likeness (QED) is 0.743. The lowest BCUT2D eigenvalue weighted by atomic mass is 10.2. The molecule has 0 aromatic carbocycles. The van der Waals surface area contributed by atoms with Crippen LogP contribution in [0.15, 0.2) is 42.9 Å². The number of hydrogen-bond acceptors (Lipinski definition) is 4. The average Bonchev–Trinajstić information content (AvgIpc) is 3.22. The van der Waals surface area contributed by atoms with Gasteiger partial charge < -0.3 is 5.32 Å². The molecule has 120 valence electrons. The largest absolute Gasteiger partial charge is 0.305 e. The monoisotopic (exact) mass is 326 g/mol. The summed E-state index contributed by atoms with van der Waals surface area (Å²) in [5, 5.41) is 3.57. The van der Waals surface area contributed by atoms with Crippen LogP contribution in [0.2, 0.25) is 0 Å². The number of hydrogen-bond donors (Lipinski definition) is 1. The van der Waals surface area contributed by atoms with Crippen molar-refractivity contribution in [3.63, 3.8) is 0 Å². The Hall–Kier alpha value is -1.98. The Labute approximate surface area is 141 Å². The molecule has 3 aromatic heterocycles. The summed E-state index contributed by atoms with van der Waals surface area (Å²) < 4.78 is 1.98. The van der Waals surface area contributed by atoms with Gasteiger partial charge in [0.25, 0.3) is 0 Å². The second kappa shape index (κ2) is 7.06. The summed E-state index contributed by atoms with van der Waals surface area (Å²) in [6.45, 7) is 7.20. The van der Waals surface area contributed by atoms with Gasteiger partial charge in [0.15, 0.2) is 0 Å². The van der Waals surface area contributed by atoms with Gasteiger partial charge in [-0.2, -0.15) is 0 Å². The number of pyridine rings is 1. The molecule has 0 unspecified atom stereocenters. The molecule has 1 N–H and O–H groups in total. The van der Waals surface area contributed by atoms with Crippen LogP contribution in [0.25, 0.3) is 5.82 Å². The molecule has 0 spiro atoms. The first-order valence-electron chi connectivity index (χ1n) is 7.94. The Balaban J connectivity index is 1.61. The van der Waals surface area contributed by atoms with Crippen LogP contribution in [0.4, 0.5) is 0 Å². The molecule has 3 heterocycles. The number of imidazole rings is 1. The minimum atomic E-state index is 0.357. The summed E-state index contributed by atoms with van der Waals surface area (Å²) in [6, 6.07) is 8.96. The zero-order chi connectivity index (χ0) is 16.2. The van der Waals surface area contributed by atoms with Gasteiger partial charge in [0.2, 0.25) is 0 Å². The summed E-state index contributed by atoms with van der Waals surface area (Å²) in [5.41, 5.74) is 1.19. The lowest BCUT2D eigenvalue weighted by Gasteiger charge is -2.12. The summed E-state index contributed by atoms with van der Waals surface area (Å²) in [4.78, 5) is 11.6. The molecule has 0 saturated heterocycles. The second-order valence-electron chi connectivity index (χ2n) is 5.63. The summed E-state index contributed by atoms with van der Waals surface area (Å²) in [5.74, 6) is 1.85. The molecular formula is C18H22N4S. The lowest BCUT2D eigenvalue weighted by Crippen LogP contribution is -2.17. The van der Waals surface area contributed by atoms with Crippen LogP contribution in [0.5, 0.6) is 0 Å². The number of thiophene rings is 1. The third-order valence-corrected chi connectivity index (χ3v) is 5.36. The third-order valence-electron chi connectivity index (χ3n) is 3.95. The molecule has 3 rings (SSSR count). The van der Waals surface area contributed by atoms with E-state index in [-0.39, 0.29) is 0 Å². The molecule has 0 bridgehead atoms. The molecule has 23 heavy (non-hydrogen) atoms. The van der Waals surface area contributed by atoms with Gasteiger partial charge in [-0.15, -0.1) is 11.3 Å². The van der Waals surface area contributed by atoms with Gasteiger partial charge in [0.05, 0.1) is 0 Å². The Kier molecular flexibility index (Phi) is 4.88. The summed E-state index contributed by atoms with van der Waals surface area (Å²) in [7, 11) is 0. The van der Waals surface area contributed by atoms with Crippen molar-refractivity contribution < 1.29 is 0 Å². The first-order valence-corrected chi connectivity index (χ1v) is 8.76. The molecule has 0 amide bonds. The van der Waals surface area contributed by atoms with Crippen LogP contribution in [-0.4, -0.2) is 14.5 Å². The highest BCUT2D eigenvalue weighted by Gasteiger charge is 2.08. The van der Waals surface area contributed by atoms with Gasteiger partial charge in [-0.25, -0.2) is 9.97 Å². The van der Waals surface area contributed by atoms with Gasteiger partial charge >= 0.3 is 0 Å². The minimum absolute atomic E-state index is 0.357. The number of aryl methyl sites for hydroxylation is 2. The van der Waals surface area contributed by atoms with Crippen LogP contribution in [-0.2, 0) is 13.0 Å². The van der Waals surface area contributed by atoms with Gasteiger partial charge in [-0.3, -0.25) is 4.57 Å². The van der Waals surface area contributed by atoms with Crippen LogP contribution in [0, 0.1) is 6.92 Å². The summed E-state index contributed by atoms with van der Waals surface area (Å²) in [6.07, 6.45) is 6.76. The number of aromatic nitrogens is 3. The highest BCUT2D eigenvalue weighted by molar-refractivity contribution is 7.12. The molecule has 0 radical (unpaired) electrons. The van der Waals surface area contributed by atoms with Gasteiger partial charge in [0.1, 0.15) is 11.6 Å². The Morgan fingerprint density at radius 2 is 2.09 bits per heavy atom. The van der Waals surface area contributed by atoms with E-state index in [0.29, 0.717) is 6.04 Å². The highest BCUT2D eigenvalue weighted by atomic mass is 32.1. The Morgan fingerprint density at radius 3 is 2.70 bits per heavy atom. The zero-order valence-corrected chi connectivity index (χ0v) is 14.6. The van der Waals surface area contributed by atoms with E-state index >= 15 is 0 Å². The highest BCUT2D eigenvalue weighted by Crippen LogP contribution is 2.23. The first-order chi connectivity index (χ1) is 11.2. The van der Waals surface area contributed by atoms with Crippen molar-refractivity contribution in [2.75, 3.05) is 0 Å². The van der Waals surface area contributed by atoms with Crippen LogP contribution in [0.3, 0.4) is 0 Å². The van der Waals surface area contributed by atoms with E-state index < -0.39 is 0 Å². The number of nitrogens with zero attached hydrogens (tertiary/aromatic N) is 3. The van der Waals surface area contributed by atoms with E-state index in [1.165, 1.54) is 15.3 Å². The molecule has 3 aromatic rings. The van der Waals surface area contributed by atoms with E-state index in [0.717, 1.165) is 24.6 Å². The standard InChI is InChI=1S/C18H22N4S/c1-4-16-6-7-17(23-16)13(2)20-11-15-5-8-18(21-12-15)22-10-9-19-14(22)3/h5-10,12-13,20H,4,11H2,1-3H3/t13-/m1/s1. The Bertz CT molecular complexity index is 757. The van der Waals surface area contributed by atoms with E-state index in [2.05, 4.69) is 47.3 Å². The Morgan fingerprint density at radius 1 is 1.22 bits per heavy atom. The summed E-state index contributed by atoms with van der Waals surface area (Å²) >= 11 is 1.89. The molecule has 0 aliphatic rings. The molecular weight excluding hydrogens is 304 g/mol. The van der Waals surface area contributed by atoms with Crippen molar-refractivity contribution in [2.45, 2.75) is 39.8 Å². The van der Waals surface area contributed by atoms with Crippen molar-refractivity contribution in [1.82, 2.24) is 19.9 Å². The van der Waals surface area contributed by atoms with Gasteiger partial charge in [-0.1, -0.05) is 13.0 Å². The first kappa shape index (κ1) is 15.9. The lowest BCUT2D eigenvalue weighted by molar-refractivity contribution is 0.582. The maximum absolute atomic E-state index is 4.54. The maximum Gasteiger partial charge on any atom is 0.137 e. The van der Waals surface area contributed by atoms with Crippen LogP contribution >= 0.6 is 11.3 Å². The van der Waals surface area contributed by atoms with Crippen molar-refractivity contribution in [3.05, 3.63) is 64.0 Å². The molecule has 0 aliphatic heterocycles. The fraction of sp³-hybridized carbons (Fsp3) is 0.333. The normalized spacial score (nSPS) is 12.5. The topological polar surface area (TPSA) is 42.7 Å². The molecule has 4 nitrogen and oxygen atoms in total.